The zero-order chi connectivity index (χ0) is 26.5. The summed E-state index contributed by atoms with van der Waals surface area (Å²) in [4.78, 5) is 32.9. The van der Waals surface area contributed by atoms with Gasteiger partial charge in [-0.15, -0.1) is 0 Å². The molecule has 1 aliphatic rings. The molecule has 0 bridgehead atoms. The molecule has 1 fully saturated rings. The quantitative estimate of drug-likeness (QED) is 0.283. The van der Waals surface area contributed by atoms with Crippen molar-refractivity contribution >= 4 is 17.5 Å². The summed E-state index contributed by atoms with van der Waals surface area (Å²) in [6.07, 6.45) is 5.13. The monoisotopic (exact) mass is 509 g/mol. The molecule has 2 amide bonds. The van der Waals surface area contributed by atoms with Crippen LogP contribution in [0.2, 0.25) is 0 Å². The average Bonchev–Trinajstić information content (AvgIpc) is 3.44. The smallest absolute Gasteiger partial charge is 0.275 e. The van der Waals surface area contributed by atoms with Gasteiger partial charge in [0.05, 0.1) is 0 Å². The average molecular weight is 510 g/mol. The van der Waals surface area contributed by atoms with Crippen LogP contribution >= 0.6 is 0 Å². The molecule has 1 aliphatic carbocycles. The van der Waals surface area contributed by atoms with Crippen molar-refractivity contribution < 1.29 is 14.0 Å². The van der Waals surface area contributed by atoms with Crippen LogP contribution in [-0.4, -0.2) is 22.8 Å². The highest BCUT2D eigenvalue weighted by Crippen LogP contribution is 2.32. The van der Waals surface area contributed by atoms with Crippen molar-refractivity contribution in [1.29, 1.82) is 0 Å². The number of nitrogens with one attached hydrogen (secondary N) is 2. The van der Waals surface area contributed by atoms with Crippen LogP contribution in [-0.2, 0) is 4.79 Å². The summed E-state index contributed by atoms with van der Waals surface area (Å²) < 4.78 is 13.9. The molecule has 1 atom stereocenters. The zero-order valence-corrected chi connectivity index (χ0v) is 21.5. The molecule has 0 spiro atoms. The van der Waals surface area contributed by atoms with Crippen molar-refractivity contribution in [2.24, 2.45) is 0 Å². The van der Waals surface area contributed by atoms with Crippen molar-refractivity contribution in [2.75, 3.05) is 4.90 Å². The van der Waals surface area contributed by atoms with E-state index in [9.17, 15) is 14.0 Å². The number of benzene rings is 3. The fraction of sp³-hybridized carbons (Fsp3) is 0.250. The molecule has 0 saturated heterocycles. The highest BCUT2D eigenvalue weighted by atomic mass is 19.1. The van der Waals surface area contributed by atoms with Gasteiger partial charge in [0.25, 0.3) is 5.91 Å². The summed E-state index contributed by atoms with van der Waals surface area (Å²) >= 11 is 0. The first-order chi connectivity index (χ1) is 18.5. The standard InChI is InChI=1S/C32H32FN3O2/c1-22-12-18-27(19-13-22)36(32(38)29-21-20-28(35-29)23-8-4-2-5-9-23)30(24-14-16-25(33)17-15-24)31(37)34-26-10-6-3-7-11-26/h2,4-5,8-9,12-21,26,30,35H,3,6-7,10-11H2,1H3,(H,34,37)/t30-/m1/s1. The van der Waals surface area contributed by atoms with Crippen LogP contribution in [0.5, 0.6) is 0 Å². The predicted octanol–water partition coefficient (Wildman–Crippen LogP) is 6.97. The van der Waals surface area contributed by atoms with Gasteiger partial charge in [-0.25, -0.2) is 4.39 Å². The molecule has 38 heavy (non-hydrogen) atoms. The Bertz CT molecular complexity index is 1370. The van der Waals surface area contributed by atoms with Crippen LogP contribution in [0, 0.1) is 12.7 Å². The molecule has 5 rings (SSSR count). The summed E-state index contributed by atoms with van der Waals surface area (Å²) in [6, 6.07) is 25.8. The highest BCUT2D eigenvalue weighted by Gasteiger charge is 2.35. The van der Waals surface area contributed by atoms with E-state index >= 15 is 0 Å². The molecule has 0 aliphatic heterocycles. The van der Waals surface area contributed by atoms with Gasteiger partial charge in [0.2, 0.25) is 5.91 Å². The van der Waals surface area contributed by atoms with E-state index < -0.39 is 11.9 Å². The first kappa shape index (κ1) is 25.5. The second-order valence-corrected chi connectivity index (χ2v) is 9.96. The van der Waals surface area contributed by atoms with Crippen LogP contribution in [0.15, 0.2) is 91.0 Å². The maximum Gasteiger partial charge on any atom is 0.275 e. The number of aryl methyl sites for hydroxylation is 1. The zero-order valence-electron chi connectivity index (χ0n) is 21.5. The Morgan fingerprint density at radius 3 is 2.24 bits per heavy atom. The van der Waals surface area contributed by atoms with Gasteiger partial charge < -0.3 is 10.3 Å². The summed E-state index contributed by atoms with van der Waals surface area (Å²) in [5.74, 6) is -1.01. The molecule has 4 aromatic rings. The van der Waals surface area contributed by atoms with Gasteiger partial charge in [0.15, 0.2) is 0 Å². The second-order valence-electron chi connectivity index (χ2n) is 9.96. The van der Waals surface area contributed by atoms with Gasteiger partial charge >= 0.3 is 0 Å². The number of carbonyl (C=O) groups excluding carboxylic acids is 2. The number of H-pyrrole nitrogens is 1. The molecule has 194 valence electrons. The van der Waals surface area contributed by atoms with E-state index in [1.807, 2.05) is 67.6 Å². The Kier molecular flexibility index (Phi) is 7.68. The van der Waals surface area contributed by atoms with Gasteiger partial charge in [-0.05, 0) is 67.3 Å². The van der Waals surface area contributed by atoms with E-state index in [2.05, 4.69) is 10.3 Å². The Morgan fingerprint density at radius 1 is 0.868 bits per heavy atom. The van der Waals surface area contributed by atoms with Gasteiger partial charge in [0.1, 0.15) is 17.6 Å². The molecule has 1 aromatic heterocycles. The summed E-state index contributed by atoms with van der Waals surface area (Å²) in [6.45, 7) is 1.97. The molecule has 2 N–H and O–H groups in total. The number of anilines is 1. The normalized spacial score (nSPS) is 14.6. The third kappa shape index (κ3) is 5.70. The molecular weight excluding hydrogens is 477 g/mol. The first-order valence-corrected chi connectivity index (χ1v) is 13.2. The molecule has 6 heteroatoms. The van der Waals surface area contributed by atoms with Crippen LogP contribution in [0.25, 0.3) is 11.3 Å². The predicted molar refractivity (Wildman–Crippen MR) is 148 cm³/mol. The summed E-state index contributed by atoms with van der Waals surface area (Å²) in [5, 5.41) is 3.19. The van der Waals surface area contributed by atoms with Crippen LogP contribution < -0.4 is 10.2 Å². The summed E-state index contributed by atoms with van der Waals surface area (Å²) in [7, 11) is 0. The molecule has 1 heterocycles. The first-order valence-electron chi connectivity index (χ1n) is 13.2. The van der Waals surface area contributed by atoms with Crippen molar-refractivity contribution in [2.45, 2.75) is 51.1 Å². The van der Waals surface area contributed by atoms with Crippen molar-refractivity contribution in [3.8, 4) is 11.3 Å². The number of rotatable bonds is 7. The Balaban J connectivity index is 1.57. The third-order valence-corrected chi connectivity index (χ3v) is 7.18. The number of amides is 2. The lowest BCUT2D eigenvalue weighted by molar-refractivity contribution is -0.123. The van der Waals surface area contributed by atoms with Gasteiger partial charge in [-0.1, -0.05) is 79.4 Å². The molecule has 0 radical (unpaired) electrons. The van der Waals surface area contributed by atoms with E-state index in [1.54, 1.807) is 18.2 Å². The number of hydrogen-bond acceptors (Lipinski definition) is 2. The minimum atomic E-state index is -0.976. The van der Waals surface area contributed by atoms with Crippen LogP contribution in [0.4, 0.5) is 10.1 Å². The van der Waals surface area contributed by atoms with E-state index in [0.29, 0.717) is 16.9 Å². The number of aromatic amines is 1. The fourth-order valence-electron chi connectivity index (χ4n) is 5.11. The largest absolute Gasteiger partial charge is 0.351 e. The van der Waals surface area contributed by atoms with Crippen molar-refractivity contribution in [3.05, 3.63) is 114 Å². The van der Waals surface area contributed by atoms with Crippen molar-refractivity contribution in [1.82, 2.24) is 10.3 Å². The molecule has 3 aromatic carbocycles. The van der Waals surface area contributed by atoms with Crippen molar-refractivity contribution in [3.63, 3.8) is 0 Å². The van der Waals surface area contributed by atoms with Gasteiger partial charge in [0, 0.05) is 17.4 Å². The number of nitrogens with zero attached hydrogens (tertiary/aromatic N) is 1. The SMILES string of the molecule is Cc1ccc(N(C(=O)c2ccc(-c3ccccc3)[nH]2)[C@@H](C(=O)NC2CCCCC2)c2ccc(F)cc2)cc1. The van der Waals surface area contributed by atoms with Crippen LogP contribution in [0.1, 0.15) is 59.8 Å². The minimum absolute atomic E-state index is 0.0596. The fourth-order valence-corrected chi connectivity index (χ4v) is 5.11. The third-order valence-electron chi connectivity index (χ3n) is 7.18. The Morgan fingerprint density at radius 2 is 1.55 bits per heavy atom. The van der Waals surface area contributed by atoms with Gasteiger partial charge in [-0.3, -0.25) is 14.5 Å². The van der Waals surface area contributed by atoms with E-state index in [-0.39, 0.29) is 17.9 Å². The lowest BCUT2D eigenvalue weighted by Crippen LogP contribution is -2.47. The molecule has 1 saturated carbocycles. The lowest BCUT2D eigenvalue weighted by Gasteiger charge is -2.33. The number of aromatic nitrogens is 1. The van der Waals surface area contributed by atoms with E-state index in [4.69, 9.17) is 0 Å². The number of halogens is 1. The maximum atomic E-state index is 14.2. The van der Waals surface area contributed by atoms with Crippen LogP contribution in [0.3, 0.4) is 0 Å². The number of hydrogen-bond donors (Lipinski definition) is 2. The van der Waals surface area contributed by atoms with E-state index in [1.165, 1.54) is 17.0 Å². The second kappa shape index (κ2) is 11.5. The molecular formula is C32H32FN3O2. The van der Waals surface area contributed by atoms with Gasteiger partial charge in [-0.2, -0.15) is 0 Å². The highest BCUT2D eigenvalue weighted by molar-refractivity contribution is 6.09. The molecule has 5 nitrogen and oxygen atoms in total. The summed E-state index contributed by atoms with van der Waals surface area (Å²) in [5.41, 5.74) is 4.30. The minimum Gasteiger partial charge on any atom is -0.351 e. The molecule has 0 unspecified atom stereocenters. The van der Waals surface area contributed by atoms with E-state index in [0.717, 1.165) is 48.9 Å². The topological polar surface area (TPSA) is 65.2 Å². The number of carbonyl (C=O) groups is 2. The lowest BCUT2D eigenvalue weighted by atomic mass is 9.94. The maximum absolute atomic E-state index is 14.2. The Labute approximate surface area is 222 Å². The Hall–Kier alpha value is -4.19.